The molecule has 0 saturated heterocycles. The maximum atomic E-state index is 14.5. The number of aliphatic imine (C=N–C) groups is 1. The van der Waals surface area contributed by atoms with Crippen LogP contribution >= 0.6 is 22.9 Å². The molecule has 3 fully saturated rings. The van der Waals surface area contributed by atoms with E-state index in [0.717, 1.165) is 38.5 Å². The quantitative estimate of drug-likeness (QED) is 0.138. The van der Waals surface area contributed by atoms with Crippen molar-refractivity contribution < 1.29 is 28.1 Å². The summed E-state index contributed by atoms with van der Waals surface area (Å²) in [7, 11) is 0. The molecule has 11 heteroatoms. The van der Waals surface area contributed by atoms with Gasteiger partial charge in [0.1, 0.15) is 24.4 Å². The molecule has 3 unspecified atom stereocenters. The average Bonchev–Trinajstić information content (AvgIpc) is 3.32. The van der Waals surface area contributed by atoms with Crippen molar-refractivity contribution >= 4 is 34.5 Å². The maximum absolute atomic E-state index is 14.5. The van der Waals surface area contributed by atoms with E-state index in [-0.39, 0.29) is 54.1 Å². The van der Waals surface area contributed by atoms with Gasteiger partial charge in [-0.05, 0) is 85.5 Å². The van der Waals surface area contributed by atoms with Gasteiger partial charge in [-0.1, -0.05) is 38.4 Å². The molecule has 41 heavy (non-hydrogen) atoms. The van der Waals surface area contributed by atoms with E-state index in [4.69, 9.17) is 26.9 Å². The molecule has 0 aromatic carbocycles. The predicted molar refractivity (Wildman–Crippen MR) is 158 cm³/mol. The normalized spacial score (nSPS) is 30.7. The Balaban J connectivity index is 1.53. The number of nitrogens with one attached hydrogen (secondary N) is 1. The molecule has 6 nitrogen and oxygen atoms in total. The molecule has 1 aromatic heterocycles. The number of aliphatic hydroxyl groups is 2. The Kier molecular flexibility index (Phi) is 10.0. The van der Waals surface area contributed by atoms with Gasteiger partial charge in [0.05, 0.1) is 23.1 Å². The van der Waals surface area contributed by atoms with Crippen LogP contribution in [0, 0.1) is 34.0 Å². The number of hydrogen-bond donors (Lipinski definition) is 3. The number of halogens is 4. The van der Waals surface area contributed by atoms with Crippen molar-refractivity contribution in [2.75, 3.05) is 26.5 Å². The molecule has 3 atom stereocenters. The van der Waals surface area contributed by atoms with Crippen LogP contribution in [0.15, 0.2) is 28.1 Å². The van der Waals surface area contributed by atoms with Crippen LogP contribution in [0.3, 0.4) is 0 Å². The van der Waals surface area contributed by atoms with Crippen LogP contribution < -0.4 is 0 Å². The second kappa shape index (κ2) is 12.6. The average molecular weight is 618 g/mol. The van der Waals surface area contributed by atoms with Crippen molar-refractivity contribution in [2.24, 2.45) is 33.6 Å². The first-order valence-electron chi connectivity index (χ1n) is 14.4. The Hall–Kier alpha value is -1.46. The number of hydrogen-bond acceptors (Lipinski definition) is 6. The fraction of sp³-hybridized carbons (Fsp3) is 0.733. The largest absolute Gasteiger partial charge is 0.433 e. The summed E-state index contributed by atoms with van der Waals surface area (Å²) in [6, 6.07) is 1.55. The van der Waals surface area contributed by atoms with Crippen LogP contribution in [-0.2, 0) is 4.74 Å². The molecular weight excluding hydrogens is 575 g/mol. The van der Waals surface area contributed by atoms with E-state index >= 15 is 0 Å². The smallest absolute Gasteiger partial charge is 0.386 e. The molecule has 0 radical (unpaired) electrons. The van der Waals surface area contributed by atoms with E-state index in [9.17, 15) is 18.3 Å². The minimum absolute atomic E-state index is 0.00455. The first-order chi connectivity index (χ1) is 19.2. The van der Waals surface area contributed by atoms with Crippen LogP contribution in [0.4, 0.5) is 13.2 Å². The van der Waals surface area contributed by atoms with Crippen LogP contribution in [0.25, 0.3) is 0 Å². The van der Waals surface area contributed by atoms with E-state index in [1.807, 2.05) is 0 Å². The highest BCUT2D eigenvalue weighted by molar-refractivity contribution is 7.10. The lowest BCUT2D eigenvalue weighted by molar-refractivity contribution is -0.0585. The second-order valence-electron chi connectivity index (χ2n) is 12.9. The fourth-order valence-corrected chi connectivity index (χ4v) is 8.21. The monoisotopic (exact) mass is 617 g/mol. The molecule has 0 amide bonds. The third-order valence-electron chi connectivity index (χ3n) is 9.81. The summed E-state index contributed by atoms with van der Waals surface area (Å²) in [5, 5.41) is 31.3. The van der Waals surface area contributed by atoms with Crippen molar-refractivity contribution in [2.45, 2.75) is 84.5 Å². The van der Waals surface area contributed by atoms with Crippen LogP contribution in [0.2, 0.25) is 5.02 Å². The lowest BCUT2D eigenvalue weighted by atomic mass is 9.72. The molecule has 230 valence electrons. The van der Waals surface area contributed by atoms with E-state index in [2.05, 4.69) is 25.8 Å². The van der Waals surface area contributed by atoms with Gasteiger partial charge in [-0.15, -0.1) is 11.3 Å². The van der Waals surface area contributed by atoms with Gasteiger partial charge >= 0.3 is 6.18 Å². The lowest BCUT2D eigenvalue weighted by Gasteiger charge is -2.37. The first-order valence-corrected chi connectivity index (χ1v) is 15.7. The highest BCUT2D eigenvalue weighted by Crippen LogP contribution is 2.67. The Labute approximate surface area is 250 Å². The highest BCUT2D eigenvalue weighted by atomic mass is 35.5. The second-order valence-corrected chi connectivity index (χ2v) is 14.3. The first kappa shape index (κ1) is 32.5. The van der Waals surface area contributed by atoms with Gasteiger partial charge in [-0.3, -0.25) is 10.4 Å². The zero-order valence-electron chi connectivity index (χ0n) is 24.3. The SMILES string of the molecule is C/C=C(/C(=N)N(CC(O)c1sccc1Cl)C1CC2C(C1)C2(C)C)C(=NCC1CCC(C)(COCO)CC1)C(F)(F)F. The van der Waals surface area contributed by atoms with Gasteiger partial charge in [0.15, 0.2) is 0 Å². The van der Waals surface area contributed by atoms with Gasteiger partial charge < -0.3 is 19.8 Å². The summed E-state index contributed by atoms with van der Waals surface area (Å²) < 4.78 is 48.7. The van der Waals surface area contributed by atoms with E-state index < -0.39 is 18.0 Å². The van der Waals surface area contributed by atoms with Gasteiger partial charge in [-0.2, -0.15) is 13.2 Å². The molecule has 1 aromatic rings. The Morgan fingerprint density at radius 3 is 2.41 bits per heavy atom. The van der Waals surface area contributed by atoms with Crippen molar-refractivity contribution in [1.82, 2.24) is 4.90 Å². The number of alkyl halides is 3. The molecule has 0 bridgehead atoms. The summed E-state index contributed by atoms with van der Waals surface area (Å²) in [6.07, 6.45) is 0.164. The number of fused-ring (bicyclic) bond motifs is 1. The van der Waals surface area contributed by atoms with Gasteiger partial charge in [-0.25, -0.2) is 0 Å². The number of aliphatic hydroxyl groups excluding tert-OH is 2. The number of ether oxygens (including phenoxy) is 1. The zero-order chi connectivity index (χ0) is 30.2. The van der Waals surface area contributed by atoms with Gasteiger partial charge in [0.2, 0.25) is 0 Å². The van der Waals surface area contributed by atoms with E-state index in [1.165, 1.54) is 24.3 Å². The molecule has 0 aliphatic heterocycles. The summed E-state index contributed by atoms with van der Waals surface area (Å²) in [5.74, 6) is 0.686. The number of allylic oxidation sites excluding steroid dienone is 1. The fourth-order valence-electron chi connectivity index (χ4n) is 7.05. The molecule has 0 spiro atoms. The molecule has 3 N–H and O–H groups in total. The van der Waals surface area contributed by atoms with E-state index in [1.54, 1.807) is 16.3 Å². The topological polar surface area (TPSA) is 89.1 Å². The third-order valence-corrected chi connectivity index (χ3v) is 11.3. The minimum Gasteiger partial charge on any atom is -0.386 e. The summed E-state index contributed by atoms with van der Waals surface area (Å²) >= 11 is 7.56. The highest BCUT2D eigenvalue weighted by Gasteiger charge is 2.63. The third kappa shape index (κ3) is 7.20. The standard InChI is InChI=1S/C30H43ClF3N3O3S/c1-5-20(26(30(32,33)34)36-14-18-6-9-29(4,10-7-18)16-40-17-38)27(35)37(15-24(39)25-23(31)8-11-41-25)19-12-21-22(13-19)28(21,2)3/h5,8,11,18-19,21-22,24,35,38-39H,6-7,9-10,12-17H2,1-4H3/b20-5+,35-27?,36-26?. The number of thiophene rings is 1. The van der Waals surface area contributed by atoms with Gasteiger partial charge in [0.25, 0.3) is 0 Å². The zero-order valence-corrected chi connectivity index (χ0v) is 25.9. The van der Waals surface area contributed by atoms with Crippen molar-refractivity contribution in [3.8, 4) is 0 Å². The summed E-state index contributed by atoms with van der Waals surface area (Å²) in [5.41, 5.74) is -1.17. The van der Waals surface area contributed by atoms with Crippen LogP contribution in [0.5, 0.6) is 0 Å². The minimum atomic E-state index is -4.73. The number of rotatable bonds is 11. The lowest BCUT2D eigenvalue weighted by Crippen LogP contribution is -2.45. The number of nitrogens with zero attached hydrogens (tertiary/aromatic N) is 2. The number of amidine groups is 1. The van der Waals surface area contributed by atoms with Crippen LogP contribution in [0.1, 0.15) is 77.2 Å². The molecule has 4 rings (SSSR count). The van der Waals surface area contributed by atoms with Crippen molar-refractivity contribution in [1.29, 1.82) is 5.41 Å². The Morgan fingerprint density at radius 2 is 1.90 bits per heavy atom. The predicted octanol–water partition coefficient (Wildman–Crippen LogP) is 7.26. The molecule has 1 heterocycles. The molecular formula is C30H43ClF3N3O3S. The maximum Gasteiger partial charge on any atom is 0.433 e. The van der Waals surface area contributed by atoms with Crippen LogP contribution in [-0.4, -0.2) is 65.4 Å². The van der Waals surface area contributed by atoms with Crippen molar-refractivity contribution in [3.63, 3.8) is 0 Å². The van der Waals surface area contributed by atoms with E-state index in [0.29, 0.717) is 28.3 Å². The Bertz CT molecular complexity index is 1130. The summed E-state index contributed by atoms with van der Waals surface area (Å²) in [4.78, 5) is 6.33. The van der Waals surface area contributed by atoms with Gasteiger partial charge in [0, 0.05) is 18.2 Å². The molecule has 3 aliphatic rings. The Morgan fingerprint density at radius 1 is 1.27 bits per heavy atom. The molecule has 3 saturated carbocycles. The summed E-state index contributed by atoms with van der Waals surface area (Å²) in [6.45, 7) is 8.12. The molecule has 3 aliphatic carbocycles. The van der Waals surface area contributed by atoms with Crippen molar-refractivity contribution in [3.05, 3.63) is 33.0 Å².